The molecule has 0 saturated heterocycles. The third-order valence-electron chi connectivity index (χ3n) is 5.72. The minimum atomic E-state index is -2.69. The molecule has 154 valence electrons. The summed E-state index contributed by atoms with van der Waals surface area (Å²) in [4.78, 5) is 0. The zero-order valence-corrected chi connectivity index (χ0v) is 22.4. The van der Waals surface area contributed by atoms with E-state index in [1.54, 1.807) is 0 Å². The Morgan fingerprint density at radius 2 is 1.43 bits per heavy atom. The van der Waals surface area contributed by atoms with Crippen molar-refractivity contribution in [1.82, 2.24) is 0 Å². The van der Waals surface area contributed by atoms with Gasteiger partial charge in [-0.05, 0) is 58.8 Å². The maximum absolute atomic E-state index is 7.13. The van der Waals surface area contributed by atoms with E-state index in [0.717, 1.165) is 24.1 Å². The maximum Gasteiger partial charge on any atom is 0.281 e. The van der Waals surface area contributed by atoms with Gasteiger partial charge in [0.2, 0.25) is 0 Å². The summed E-state index contributed by atoms with van der Waals surface area (Å²) in [7, 11) is 0. The highest BCUT2D eigenvalue weighted by Crippen LogP contribution is 2.37. The van der Waals surface area contributed by atoms with Gasteiger partial charge >= 0.3 is 0 Å². The van der Waals surface area contributed by atoms with Gasteiger partial charge in [0, 0.05) is 5.54 Å². The molecule has 0 fully saturated rings. The van der Waals surface area contributed by atoms with Crippen LogP contribution in [0.1, 0.15) is 61.4 Å². The number of hydrogen-bond acceptors (Lipinski definition) is 0. The lowest BCUT2D eigenvalue weighted by Crippen LogP contribution is -2.41. The second-order valence-corrected chi connectivity index (χ2v) is 22.6. The van der Waals surface area contributed by atoms with Crippen LogP contribution in [-0.2, 0) is 12.8 Å². The lowest BCUT2D eigenvalue weighted by molar-refractivity contribution is 0.835. The molecule has 2 aromatic rings. The summed E-state index contributed by atoms with van der Waals surface area (Å²) in [5.41, 5.74) is 5.30. The normalized spacial score (nSPS) is 14.8. The first-order valence-electron chi connectivity index (χ1n) is 9.98. The molecule has 0 saturated carbocycles. The van der Waals surface area contributed by atoms with Crippen molar-refractivity contribution in [1.29, 1.82) is 0 Å². The summed E-state index contributed by atoms with van der Waals surface area (Å²) in [5, 5.41) is 1.12. The smallest absolute Gasteiger partial charge is 0.145 e. The third kappa shape index (κ3) is 5.59. The SMILES string of the molecule is CCc1ccccc1C(C)C[Si](Cl)(Cl)c1cccc(C(C)[Si](C)(Cl)Cl)c1CC. The van der Waals surface area contributed by atoms with Gasteiger partial charge in [0.05, 0.1) is 0 Å². The Morgan fingerprint density at radius 1 is 0.821 bits per heavy atom. The summed E-state index contributed by atoms with van der Waals surface area (Å²) in [5.74, 6) is 0.310. The Labute approximate surface area is 191 Å². The minimum absolute atomic E-state index is 0.127. The van der Waals surface area contributed by atoms with Gasteiger partial charge in [0.1, 0.15) is 0 Å². The lowest BCUT2D eigenvalue weighted by atomic mass is 9.96. The van der Waals surface area contributed by atoms with Crippen molar-refractivity contribution in [3.63, 3.8) is 0 Å². The first-order valence-corrected chi connectivity index (χ1v) is 18.8. The first-order chi connectivity index (χ1) is 13.0. The van der Waals surface area contributed by atoms with Crippen molar-refractivity contribution in [2.24, 2.45) is 0 Å². The van der Waals surface area contributed by atoms with Gasteiger partial charge in [-0.15, -0.1) is 44.3 Å². The van der Waals surface area contributed by atoms with Crippen LogP contribution in [0.3, 0.4) is 0 Å². The number of rotatable bonds is 8. The van der Waals surface area contributed by atoms with Crippen LogP contribution >= 0.6 is 44.3 Å². The summed E-state index contributed by atoms with van der Waals surface area (Å²) in [6.45, 7) is 5.64. The van der Waals surface area contributed by atoms with Crippen LogP contribution < -0.4 is 5.19 Å². The highest BCUT2D eigenvalue weighted by Gasteiger charge is 2.38. The van der Waals surface area contributed by atoms with E-state index < -0.39 is 13.4 Å². The van der Waals surface area contributed by atoms with E-state index in [0.29, 0.717) is 5.92 Å². The second kappa shape index (κ2) is 9.89. The Morgan fingerprint density at radius 3 is 2.00 bits per heavy atom. The maximum atomic E-state index is 7.13. The molecule has 0 heterocycles. The summed E-state index contributed by atoms with van der Waals surface area (Å²) in [6, 6.07) is 15.7. The standard InChI is InChI=1S/C22H30Cl4Si2/c1-6-18-11-8-9-12-20(18)16(3)15-28(25,26)22-14-10-13-21(19(22)7-2)17(4)27(5,23)24/h8-14,16-17H,6-7,15H2,1-5H3. The van der Waals surface area contributed by atoms with Crippen molar-refractivity contribution >= 4 is 62.9 Å². The largest absolute Gasteiger partial charge is 0.281 e. The molecule has 0 aromatic heterocycles. The Balaban J connectivity index is 2.42. The summed E-state index contributed by atoms with van der Waals surface area (Å²) in [6.07, 6.45) is 1.89. The van der Waals surface area contributed by atoms with Gasteiger partial charge in [-0.2, -0.15) is 0 Å². The quantitative estimate of drug-likeness (QED) is 0.259. The molecule has 0 aliphatic carbocycles. The van der Waals surface area contributed by atoms with Crippen LogP contribution in [0.5, 0.6) is 0 Å². The van der Waals surface area contributed by atoms with Gasteiger partial charge in [-0.1, -0.05) is 70.2 Å². The zero-order chi connectivity index (χ0) is 21.1. The fourth-order valence-electron chi connectivity index (χ4n) is 3.96. The number of halogens is 4. The molecule has 2 aromatic carbocycles. The molecule has 2 rings (SSSR count). The average Bonchev–Trinajstić information content (AvgIpc) is 2.65. The number of benzene rings is 2. The Kier molecular flexibility index (Phi) is 8.59. The molecule has 0 radical (unpaired) electrons. The molecule has 0 N–H and O–H groups in total. The fraction of sp³-hybridized carbons (Fsp3) is 0.455. The van der Waals surface area contributed by atoms with E-state index in [4.69, 9.17) is 44.3 Å². The first kappa shape index (κ1) is 24.3. The van der Waals surface area contributed by atoms with Gasteiger partial charge in [-0.3, -0.25) is 0 Å². The average molecular weight is 492 g/mol. The van der Waals surface area contributed by atoms with Crippen LogP contribution in [-0.4, -0.2) is 13.4 Å². The van der Waals surface area contributed by atoms with E-state index in [1.165, 1.54) is 22.3 Å². The highest BCUT2D eigenvalue weighted by atomic mass is 35.7. The molecule has 0 aliphatic rings. The van der Waals surface area contributed by atoms with Gasteiger partial charge in [0.25, 0.3) is 13.4 Å². The third-order valence-corrected chi connectivity index (χ3v) is 14.0. The Hall–Kier alpha value is 0.0338. The van der Waals surface area contributed by atoms with E-state index in [9.17, 15) is 0 Å². The predicted octanol–water partition coefficient (Wildman–Crippen LogP) is 7.93. The van der Waals surface area contributed by atoms with E-state index in [2.05, 4.69) is 70.2 Å². The topological polar surface area (TPSA) is 0 Å². The van der Waals surface area contributed by atoms with Crippen LogP contribution in [0.4, 0.5) is 0 Å². The van der Waals surface area contributed by atoms with Crippen LogP contribution in [0.25, 0.3) is 0 Å². The molecular formula is C22H30Cl4Si2. The van der Waals surface area contributed by atoms with E-state index >= 15 is 0 Å². The van der Waals surface area contributed by atoms with Gasteiger partial charge < -0.3 is 0 Å². The second-order valence-electron chi connectivity index (χ2n) is 7.77. The fourth-order valence-corrected chi connectivity index (χ4v) is 10.2. The molecule has 0 nitrogen and oxygen atoms in total. The molecule has 0 amide bonds. The number of hydrogen-bond donors (Lipinski definition) is 0. The predicted molar refractivity (Wildman–Crippen MR) is 134 cm³/mol. The number of aryl methyl sites for hydroxylation is 1. The highest BCUT2D eigenvalue weighted by molar-refractivity contribution is 7.51. The van der Waals surface area contributed by atoms with Gasteiger partial charge in [0.15, 0.2) is 0 Å². The molecule has 2 unspecified atom stereocenters. The Bertz CT molecular complexity index is 799. The summed E-state index contributed by atoms with van der Waals surface area (Å²) >= 11 is 27.4. The zero-order valence-electron chi connectivity index (χ0n) is 17.3. The van der Waals surface area contributed by atoms with Crippen molar-refractivity contribution in [3.05, 3.63) is 64.7 Å². The molecule has 2 atom stereocenters. The molecule has 6 heteroatoms. The monoisotopic (exact) mass is 490 g/mol. The van der Waals surface area contributed by atoms with Crippen LogP contribution in [0.2, 0.25) is 12.6 Å². The molecule has 0 aliphatic heterocycles. The molecule has 0 bridgehead atoms. The van der Waals surface area contributed by atoms with Gasteiger partial charge in [-0.25, -0.2) is 0 Å². The van der Waals surface area contributed by atoms with Crippen LogP contribution in [0.15, 0.2) is 42.5 Å². The summed E-state index contributed by atoms with van der Waals surface area (Å²) < 4.78 is 0. The lowest BCUT2D eigenvalue weighted by Gasteiger charge is -2.29. The van der Waals surface area contributed by atoms with Crippen molar-refractivity contribution in [3.8, 4) is 0 Å². The minimum Gasteiger partial charge on any atom is -0.145 e. The molecule has 28 heavy (non-hydrogen) atoms. The molecular weight excluding hydrogens is 462 g/mol. The van der Waals surface area contributed by atoms with Crippen molar-refractivity contribution in [2.45, 2.75) is 64.6 Å². The van der Waals surface area contributed by atoms with Crippen molar-refractivity contribution in [2.75, 3.05) is 0 Å². The van der Waals surface area contributed by atoms with Crippen molar-refractivity contribution < 1.29 is 0 Å². The van der Waals surface area contributed by atoms with E-state index in [1.807, 2.05) is 6.55 Å². The van der Waals surface area contributed by atoms with Crippen LogP contribution in [0, 0.1) is 0 Å². The van der Waals surface area contributed by atoms with E-state index in [-0.39, 0.29) is 5.54 Å². The molecule has 0 spiro atoms.